The highest BCUT2D eigenvalue weighted by atomic mass is 16.5. The number of carbonyl (C=O) groups is 1. The van der Waals surface area contributed by atoms with Gasteiger partial charge in [-0.2, -0.15) is 5.10 Å². The van der Waals surface area contributed by atoms with E-state index < -0.39 is 0 Å². The lowest BCUT2D eigenvalue weighted by molar-refractivity contribution is 0.0340. The lowest BCUT2D eigenvalue weighted by atomic mass is 10.1. The standard InChI is InChI=1S/C19H24N4O2/c24-19(18-11-17(21-22-18)14-5-6-14)20-12-15-3-1-2-4-16(15)13-23-7-9-25-10-8-23/h1-4,11,14H,5-10,12-13H2,(H,20,24)(H,21,22). The van der Waals surface area contributed by atoms with Crippen LogP contribution >= 0.6 is 0 Å². The molecule has 1 amide bonds. The Kier molecular flexibility index (Phi) is 4.81. The van der Waals surface area contributed by atoms with E-state index in [-0.39, 0.29) is 5.91 Å². The maximum atomic E-state index is 12.4. The number of morpholine rings is 1. The molecule has 2 aliphatic rings. The first kappa shape index (κ1) is 16.3. The maximum absolute atomic E-state index is 12.4. The van der Waals surface area contributed by atoms with Gasteiger partial charge in [-0.05, 0) is 30.0 Å². The van der Waals surface area contributed by atoms with Crippen LogP contribution in [0.2, 0.25) is 0 Å². The van der Waals surface area contributed by atoms with Crippen molar-refractivity contribution < 1.29 is 9.53 Å². The van der Waals surface area contributed by atoms with Crippen molar-refractivity contribution in [2.24, 2.45) is 0 Å². The van der Waals surface area contributed by atoms with Crippen LogP contribution in [-0.4, -0.2) is 47.3 Å². The lowest BCUT2D eigenvalue weighted by Crippen LogP contribution is -2.36. The SMILES string of the molecule is O=C(NCc1ccccc1CN1CCOCC1)c1cc(C2CC2)[nH]n1. The highest BCUT2D eigenvalue weighted by Gasteiger charge is 2.26. The number of amides is 1. The zero-order valence-electron chi connectivity index (χ0n) is 14.3. The second kappa shape index (κ2) is 7.37. The van der Waals surface area contributed by atoms with Gasteiger partial charge < -0.3 is 10.1 Å². The quantitative estimate of drug-likeness (QED) is 0.844. The molecule has 132 valence electrons. The van der Waals surface area contributed by atoms with E-state index in [1.807, 2.05) is 12.1 Å². The predicted molar refractivity (Wildman–Crippen MR) is 94.3 cm³/mol. The minimum Gasteiger partial charge on any atom is -0.379 e. The van der Waals surface area contributed by atoms with E-state index in [2.05, 4.69) is 38.6 Å². The van der Waals surface area contributed by atoms with Crippen LogP contribution in [0.4, 0.5) is 0 Å². The van der Waals surface area contributed by atoms with E-state index in [9.17, 15) is 4.79 Å². The zero-order chi connectivity index (χ0) is 17.1. The molecule has 1 aromatic heterocycles. The molecular formula is C19H24N4O2. The molecule has 1 aromatic carbocycles. The van der Waals surface area contributed by atoms with Crippen LogP contribution in [0.1, 0.15) is 46.1 Å². The van der Waals surface area contributed by atoms with Gasteiger partial charge in [-0.1, -0.05) is 24.3 Å². The van der Waals surface area contributed by atoms with E-state index in [1.54, 1.807) is 0 Å². The van der Waals surface area contributed by atoms with Crippen LogP contribution in [0, 0.1) is 0 Å². The summed E-state index contributed by atoms with van der Waals surface area (Å²) in [4.78, 5) is 14.7. The monoisotopic (exact) mass is 340 g/mol. The lowest BCUT2D eigenvalue weighted by Gasteiger charge is -2.27. The fourth-order valence-electron chi connectivity index (χ4n) is 3.21. The summed E-state index contributed by atoms with van der Waals surface area (Å²) in [6, 6.07) is 10.2. The Morgan fingerprint density at radius 1 is 1.24 bits per heavy atom. The van der Waals surface area contributed by atoms with Gasteiger partial charge in [0.15, 0.2) is 0 Å². The third-order valence-electron chi connectivity index (χ3n) is 4.90. The normalized spacial score (nSPS) is 18.2. The van der Waals surface area contributed by atoms with Crippen molar-refractivity contribution in [2.45, 2.75) is 31.8 Å². The van der Waals surface area contributed by atoms with Crippen molar-refractivity contribution in [3.8, 4) is 0 Å². The molecule has 2 heterocycles. The Labute approximate surface area is 147 Å². The number of hydrogen-bond acceptors (Lipinski definition) is 4. The summed E-state index contributed by atoms with van der Waals surface area (Å²) >= 11 is 0. The summed E-state index contributed by atoms with van der Waals surface area (Å²) < 4.78 is 5.41. The van der Waals surface area contributed by atoms with E-state index >= 15 is 0 Å². The van der Waals surface area contributed by atoms with Crippen LogP contribution in [0.3, 0.4) is 0 Å². The minimum atomic E-state index is -0.121. The highest BCUT2D eigenvalue weighted by Crippen LogP contribution is 2.38. The Bertz CT molecular complexity index is 733. The Hall–Kier alpha value is -2.18. The molecule has 6 nitrogen and oxygen atoms in total. The molecule has 0 atom stereocenters. The van der Waals surface area contributed by atoms with Crippen molar-refractivity contribution in [1.29, 1.82) is 0 Å². The number of rotatable bonds is 6. The van der Waals surface area contributed by atoms with E-state index in [0.29, 0.717) is 18.2 Å². The Balaban J connectivity index is 1.37. The van der Waals surface area contributed by atoms with Crippen molar-refractivity contribution >= 4 is 5.91 Å². The van der Waals surface area contributed by atoms with Gasteiger partial charge in [-0.3, -0.25) is 14.8 Å². The summed E-state index contributed by atoms with van der Waals surface area (Å²) in [6.45, 7) is 4.91. The van der Waals surface area contributed by atoms with Gasteiger partial charge in [0.1, 0.15) is 5.69 Å². The van der Waals surface area contributed by atoms with Gasteiger partial charge in [0.2, 0.25) is 0 Å². The number of nitrogens with one attached hydrogen (secondary N) is 2. The third kappa shape index (κ3) is 4.08. The van der Waals surface area contributed by atoms with E-state index in [4.69, 9.17) is 4.74 Å². The van der Waals surface area contributed by atoms with Gasteiger partial charge >= 0.3 is 0 Å². The first-order valence-corrected chi connectivity index (χ1v) is 9.00. The Morgan fingerprint density at radius 2 is 2.00 bits per heavy atom. The average Bonchev–Trinajstić information content (AvgIpc) is 3.38. The number of hydrogen-bond donors (Lipinski definition) is 2. The fraction of sp³-hybridized carbons (Fsp3) is 0.474. The molecule has 2 N–H and O–H groups in total. The first-order chi connectivity index (χ1) is 12.3. The molecule has 2 fully saturated rings. The summed E-state index contributed by atoms with van der Waals surface area (Å²) in [7, 11) is 0. The van der Waals surface area contributed by atoms with Crippen LogP contribution < -0.4 is 5.32 Å². The van der Waals surface area contributed by atoms with Gasteiger partial charge in [-0.15, -0.1) is 0 Å². The number of aromatic amines is 1. The molecular weight excluding hydrogens is 316 g/mol. The molecule has 0 bridgehead atoms. The van der Waals surface area contributed by atoms with Crippen LogP contribution in [0.25, 0.3) is 0 Å². The fourth-order valence-corrected chi connectivity index (χ4v) is 3.21. The van der Waals surface area contributed by atoms with Crippen LogP contribution in [0.5, 0.6) is 0 Å². The smallest absolute Gasteiger partial charge is 0.272 e. The number of nitrogens with zero attached hydrogens (tertiary/aromatic N) is 2. The molecule has 0 radical (unpaired) electrons. The van der Waals surface area contributed by atoms with E-state index in [0.717, 1.165) is 44.1 Å². The molecule has 1 saturated heterocycles. The zero-order valence-corrected chi connectivity index (χ0v) is 14.3. The number of ether oxygens (including phenoxy) is 1. The van der Waals surface area contributed by atoms with Crippen LogP contribution in [-0.2, 0) is 17.8 Å². The van der Waals surface area contributed by atoms with Crippen molar-refractivity contribution in [3.63, 3.8) is 0 Å². The second-order valence-corrected chi connectivity index (χ2v) is 6.82. The van der Waals surface area contributed by atoms with Gasteiger partial charge in [0.25, 0.3) is 5.91 Å². The Morgan fingerprint density at radius 3 is 2.76 bits per heavy atom. The number of carbonyl (C=O) groups excluding carboxylic acids is 1. The first-order valence-electron chi connectivity index (χ1n) is 9.00. The number of benzene rings is 1. The topological polar surface area (TPSA) is 70.2 Å². The predicted octanol–water partition coefficient (Wildman–Crippen LogP) is 2.05. The van der Waals surface area contributed by atoms with Gasteiger partial charge in [-0.25, -0.2) is 0 Å². The van der Waals surface area contributed by atoms with Crippen molar-refractivity contribution in [1.82, 2.24) is 20.4 Å². The molecule has 4 rings (SSSR count). The molecule has 25 heavy (non-hydrogen) atoms. The van der Waals surface area contributed by atoms with E-state index in [1.165, 1.54) is 18.4 Å². The highest BCUT2D eigenvalue weighted by molar-refractivity contribution is 5.92. The second-order valence-electron chi connectivity index (χ2n) is 6.82. The third-order valence-corrected chi connectivity index (χ3v) is 4.90. The maximum Gasteiger partial charge on any atom is 0.272 e. The van der Waals surface area contributed by atoms with Crippen molar-refractivity contribution in [3.05, 3.63) is 52.8 Å². The molecule has 2 aromatic rings. The summed E-state index contributed by atoms with van der Waals surface area (Å²) in [5.74, 6) is 0.452. The molecule has 1 aliphatic carbocycles. The molecule has 1 saturated carbocycles. The van der Waals surface area contributed by atoms with Gasteiger partial charge in [0, 0.05) is 37.8 Å². The number of aromatic nitrogens is 2. The summed E-state index contributed by atoms with van der Waals surface area (Å²) in [5.41, 5.74) is 3.97. The van der Waals surface area contributed by atoms with Crippen molar-refractivity contribution in [2.75, 3.05) is 26.3 Å². The minimum absolute atomic E-state index is 0.121. The molecule has 1 aliphatic heterocycles. The number of H-pyrrole nitrogens is 1. The molecule has 0 spiro atoms. The largest absolute Gasteiger partial charge is 0.379 e. The molecule has 0 unspecified atom stereocenters. The van der Waals surface area contributed by atoms with Crippen LogP contribution in [0.15, 0.2) is 30.3 Å². The average molecular weight is 340 g/mol. The summed E-state index contributed by atoms with van der Waals surface area (Å²) in [5, 5.41) is 10.1. The van der Waals surface area contributed by atoms with Gasteiger partial charge in [0.05, 0.1) is 13.2 Å². The molecule has 6 heteroatoms. The summed E-state index contributed by atoms with van der Waals surface area (Å²) in [6.07, 6.45) is 2.39.